The van der Waals surface area contributed by atoms with Crippen molar-refractivity contribution in [3.63, 3.8) is 0 Å². The van der Waals surface area contributed by atoms with E-state index in [1.165, 1.54) is 23.9 Å². The summed E-state index contributed by atoms with van der Waals surface area (Å²) in [5.74, 6) is -1.04. The van der Waals surface area contributed by atoms with Gasteiger partial charge in [-0.3, -0.25) is 4.79 Å². The number of benzene rings is 2. The molecule has 0 saturated carbocycles. The first-order valence-corrected chi connectivity index (χ1v) is 8.22. The van der Waals surface area contributed by atoms with Gasteiger partial charge >= 0.3 is 5.97 Å². The molecule has 0 fully saturated rings. The van der Waals surface area contributed by atoms with E-state index in [9.17, 15) is 9.59 Å². The van der Waals surface area contributed by atoms with Gasteiger partial charge in [-0.05, 0) is 30.3 Å². The van der Waals surface area contributed by atoms with Crippen molar-refractivity contribution in [1.82, 2.24) is 4.98 Å². The number of nitrogens with one attached hydrogen (secondary N) is 1. The van der Waals surface area contributed by atoms with Crippen molar-refractivity contribution in [2.24, 2.45) is 0 Å². The van der Waals surface area contributed by atoms with Crippen molar-refractivity contribution < 1.29 is 14.7 Å². The van der Waals surface area contributed by atoms with Gasteiger partial charge in [0.2, 0.25) is 5.91 Å². The fourth-order valence-electron chi connectivity index (χ4n) is 2.19. The third-order valence-corrected chi connectivity index (χ3v) is 4.25. The number of aromatic carboxylic acids is 1. The molecule has 0 radical (unpaired) electrons. The smallest absolute Gasteiger partial charge is 0.335 e. The normalized spacial score (nSPS) is 10.5. The van der Waals surface area contributed by atoms with Crippen LogP contribution >= 0.6 is 11.8 Å². The summed E-state index contributed by atoms with van der Waals surface area (Å²) in [6.45, 7) is 0. The molecule has 0 bridgehead atoms. The number of hydrogen-bond acceptors (Lipinski definition) is 4. The highest BCUT2D eigenvalue weighted by Crippen LogP contribution is 2.20. The van der Waals surface area contributed by atoms with Crippen LogP contribution in [0, 0.1) is 0 Å². The van der Waals surface area contributed by atoms with Gasteiger partial charge in [0.25, 0.3) is 0 Å². The topological polar surface area (TPSA) is 79.3 Å². The summed E-state index contributed by atoms with van der Waals surface area (Å²) in [5.41, 5.74) is 1.49. The first-order valence-electron chi connectivity index (χ1n) is 7.23. The molecule has 1 aromatic heterocycles. The fourth-order valence-corrected chi connectivity index (χ4v) is 2.87. The molecule has 0 aliphatic carbocycles. The predicted octanol–water partition coefficient (Wildman–Crippen LogP) is 3.66. The Labute approximate surface area is 142 Å². The summed E-state index contributed by atoms with van der Waals surface area (Å²) in [6, 6.07) is 17.8. The number of aromatic nitrogens is 1. The molecule has 0 saturated heterocycles. The lowest BCUT2D eigenvalue weighted by Gasteiger charge is -2.06. The van der Waals surface area contributed by atoms with Crippen LogP contribution in [0.3, 0.4) is 0 Å². The van der Waals surface area contributed by atoms with Crippen LogP contribution in [-0.2, 0) is 4.79 Å². The minimum atomic E-state index is -1.03. The van der Waals surface area contributed by atoms with E-state index in [1.54, 1.807) is 12.1 Å². The molecular weight excluding hydrogens is 324 g/mol. The second-order valence-electron chi connectivity index (χ2n) is 5.06. The summed E-state index contributed by atoms with van der Waals surface area (Å²) in [6.07, 6.45) is 0. The van der Waals surface area contributed by atoms with E-state index < -0.39 is 5.97 Å². The molecule has 1 heterocycles. The van der Waals surface area contributed by atoms with Crippen molar-refractivity contribution in [3.8, 4) is 0 Å². The van der Waals surface area contributed by atoms with E-state index in [-0.39, 0.29) is 17.2 Å². The number of carboxylic acid groups (broad SMARTS) is 1. The number of rotatable bonds is 5. The molecule has 2 aromatic carbocycles. The standard InChI is InChI=1S/C18H14N2O3S/c21-16(19-14-6-3-5-13(10-14)18(22)23)11-24-17-9-8-12-4-1-2-7-15(12)20-17/h1-10H,11H2,(H,19,21)(H,22,23). The molecule has 1 amide bonds. The molecule has 0 unspecified atom stereocenters. The van der Waals surface area contributed by atoms with Crippen LogP contribution in [0.15, 0.2) is 65.7 Å². The molecule has 24 heavy (non-hydrogen) atoms. The van der Waals surface area contributed by atoms with Crippen molar-refractivity contribution >= 4 is 40.2 Å². The summed E-state index contributed by atoms with van der Waals surface area (Å²) in [5, 5.41) is 13.5. The molecule has 5 nitrogen and oxygen atoms in total. The average Bonchev–Trinajstić information content (AvgIpc) is 2.60. The van der Waals surface area contributed by atoms with Gasteiger partial charge in [0.15, 0.2) is 0 Å². The van der Waals surface area contributed by atoms with Crippen LogP contribution in [0.4, 0.5) is 5.69 Å². The van der Waals surface area contributed by atoms with Gasteiger partial charge in [0, 0.05) is 11.1 Å². The van der Waals surface area contributed by atoms with Crippen LogP contribution in [0.1, 0.15) is 10.4 Å². The number of pyridine rings is 1. The number of carboxylic acids is 1. The predicted molar refractivity (Wildman–Crippen MR) is 94.5 cm³/mol. The Hall–Kier alpha value is -2.86. The van der Waals surface area contributed by atoms with Crippen LogP contribution < -0.4 is 5.32 Å². The summed E-state index contributed by atoms with van der Waals surface area (Å²) in [7, 11) is 0. The van der Waals surface area contributed by atoms with Crippen LogP contribution in [0.25, 0.3) is 10.9 Å². The largest absolute Gasteiger partial charge is 0.478 e. The highest BCUT2D eigenvalue weighted by molar-refractivity contribution is 7.99. The van der Waals surface area contributed by atoms with E-state index >= 15 is 0 Å². The zero-order valence-electron chi connectivity index (χ0n) is 12.6. The number of anilines is 1. The molecule has 0 spiro atoms. The maximum Gasteiger partial charge on any atom is 0.335 e. The number of nitrogens with zero attached hydrogens (tertiary/aromatic N) is 1. The Bertz CT molecular complexity index is 911. The van der Waals surface area contributed by atoms with Crippen molar-refractivity contribution in [2.75, 3.05) is 11.1 Å². The molecular formula is C18H14N2O3S. The molecule has 3 aromatic rings. The molecule has 120 valence electrons. The second-order valence-corrected chi connectivity index (χ2v) is 6.06. The molecule has 0 atom stereocenters. The zero-order chi connectivity index (χ0) is 16.9. The Morgan fingerprint density at radius 2 is 1.88 bits per heavy atom. The number of carbonyl (C=O) groups excluding carboxylic acids is 1. The number of amides is 1. The SMILES string of the molecule is O=C(CSc1ccc2ccccc2n1)Nc1cccc(C(=O)O)c1. The Balaban J connectivity index is 1.62. The third kappa shape index (κ3) is 3.91. The van der Waals surface area contributed by atoms with E-state index in [0.29, 0.717) is 5.69 Å². The highest BCUT2D eigenvalue weighted by atomic mass is 32.2. The van der Waals surface area contributed by atoms with Gasteiger partial charge in [-0.2, -0.15) is 0 Å². The van der Waals surface area contributed by atoms with Gasteiger partial charge in [-0.25, -0.2) is 9.78 Å². The Kier molecular flexibility index (Phi) is 4.77. The third-order valence-electron chi connectivity index (χ3n) is 3.32. The quantitative estimate of drug-likeness (QED) is 0.694. The van der Waals surface area contributed by atoms with Crippen molar-refractivity contribution in [3.05, 3.63) is 66.2 Å². The Morgan fingerprint density at radius 1 is 1.04 bits per heavy atom. The van der Waals surface area contributed by atoms with Crippen LogP contribution in [0.5, 0.6) is 0 Å². The molecule has 0 aliphatic rings. The monoisotopic (exact) mass is 338 g/mol. The average molecular weight is 338 g/mol. The fraction of sp³-hybridized carbons (Fsp3) is 0.0556. The van der Waals surface area contributed by atoms with Crippen molar-refractivity contribution in [2.45, 2.75) is 5.03 Å². The van der Waals surface area contributed by atoms with Crippen molar-refractivity contribution in [1.29, 1.82) is 0 Å². The lowest BCUT2D eigenvalue weighted by Crippen LogP contribution is -2.14. The van der Waals surface area contributed by atoms with Gasteiger partial charge in [0.05, 0.1) is 21.9 Å². The number of carbonyl (C=O) groups is 2. The van der Waals surface area contributed by atoms with E-state index in [1.807, 2.05) is 36.4 Å². The minimum Gasteiger partial charge on any atom is -0.478 e. The number of hydrogen-bond donors (Lipinski definition) is 2. The maximum absolute atomic E-state index is 12.0. The van der Waals surface area contributed by atoms with E-state index in [4.69, 9.17) is 5.11 Å². The number of fused-ring (bicyclic) bond motifs is 1. The van der Waals surface area contributed by atoms with Gasteiger partial charge in [0.1, 0.15) is 0 Å². The summed E-state index contributed by atoms with van der Waals surface area (Å²) >= 11 is 1.33. The lowest BCUT2D eigenvalue weighted by molar-refractivity contribution is -0.113. The van der Waals surface area contributed by atoms with Gasteiger partial charge < -0.3 is 10.4 Å². The summed E-state index contributed by atoms with van der Waals surface area (Å²) < 4.78 is 0. The van der Waals surface area contributed by atoms with Crippen LogP contribution in [0.2, 0.25) is 0 Å². The highest BCUT2D eigenvalue weighted by Gasteiger charge is 2.08. The van der Waals surface area contributed by atoms with Gasteiger partial charge in [-0.15, -0.1) is 0 Å². The molecule has 3 rings (SSSR count). The molecule has 2 N–H and O–H groups in total. The minimum absolute atomic E-state index is 0.136. The van der Waals surface area contributed by atoms with Crippen LogP contribution in [-0.4, -0.2) is 27.7 Å². The molecule has 6 heteroatoms. The first kappa shape index (κ1) is 16.0. The van der Waals surface area contributed by atoms with Gasteiger partial charge in [-0.1, -0.05) is 42.1 Å². The maximum atomic E-state index is 12.0. The first-order chi connectivity index (χ1) is 11.6. The number of thioether (sulfide) groups is 1. The Morgan fingerprint density at radius 3 is 2.71 bits per heavy atom. The molecule has 0 aliphatic heterocycles. The number of para-hydroxylation sites is 1. The van der Waals surface area contributed by atoms with E-state index in [2.05, 4.69) is 10.3 Å². The second kappa shape index (κ2) is 7.14. The lowest BCUT2D eigenvalue weighted by atomic mass is 10.2. The zero-order valence-corrected chi connectivity index (χ0v) is 13.4. The summed E-state index contributed by atoms with van der Waals surface area (Å²) in [4.78, 5) is 27.5. The van der Waals surface area contributed by atoms with E-state index in [0.717, 1.165) is 15.9 Å².